The van der Waals surface area contributed by atoms with Crippen molar-refractivity contribution in [3.63, 3.8) is 0 Å². The molecule has 1 heterocycles. The zero-order valence-corrected chi connectivity index (χ0v) is 11.1. The summed E-state index contributed by atoms with van der Waals surface area (Å²) in [6.45, 7) is 7.21. The van der Waals surface area contributed by atoms with Crippen molar-refractivity contribution in [1.29, 1.82) is 0 Å². The summed E-state index contributed by atoms with van der Waals surface area (Å²) >= 11 is 0. The molecule has 2 N–H and O–H groups in total. The van der Waals surface area contributed by atoms with Gasteiger partial charge in [-0.05, 0) is 32.7 Å². The van der Waals surface area contributed by atoms with Crippen molar-refractivity contribution in [3.05, 3.63) is 0 Å². The first-order valence-corrected chi connectivity index (χ1v) is 6.26. The van der Waals surface area contributed by atoms with Gasteiger partial charge in [-0.2, -0.15) is 0 Å². The molecule has 0 spiro atoms. The molecule has 1 fully saturated rings. The lowest BCUT2D eigenvalue weighted by molar-refractivity contribution is -0.135. The Bertz CT molecular complexity index is 293. The second kappa shape index (κ2) is 6.00. The predicted octanol–water partition coefficient (Wildman–Crippen LogP) is -0.0326. The summed E-state index contributed by atoms with van der Waals surface area (Å²) in [5.41, 5.74) is 0. The minimum atomic E-state index is -0.456. The van der Waals surface area contributed by atoms with E-state index in [1.807, 2.05) is 6.92 Å². The molecule has 1 saturated heterocycles. The number of amides is 2. The van der Waals surface area contributed by atoms with Crippen LogP contribution < -0.4 is 10.6 Å². The molecule has 1 rings (SSSR count). The van der Waals surface area contributed by atoms with Crippen LogP contribution in [-0.4, -0.2) is 48.9 Å². The first-order chi connectivity index (χ1) is 7.97. The van der Waals surface area contributed by atoms with Crippen LogP contribution in [0.2, 0.25) is 0 Å². The van der Waals surface area contributed by atoms with E-state index in [4.69, 9.17) is 0 Å². The van der Waals surface area contributed by atoms with Crippen LogP contribution in [0.25, 0.3) is 0 Å². The molecule has 2 amide bonds. The number of carbonyl (C=O) groups is 2. The number of carbonyl (C=O) groups excluding carboxylic acids is 2. The van der Waals surface area contributed by atoms with Crippen LogP contribution in [0, 0.1) is 5.92 Å². The number of hydrogen-bond donors (Lipinski definition) is 2. The highest BCUT2D eigenvalue weighted by Crippen LogP contribution is 2.14. The molecule has 0 aliphatic carbocycles. The highest BCUT2D eigenvalue weighted by molar-refractivity contribution is 5.89. The number of likely N-dealkylation sites (N-methyl/N-ethyl adjacent to an activating group) is 1. The lowest BCUT2D eigenvalue weighted by Gasteiger charge is -2.23. The van der Waals surface area contributed by atoms with Crippen molar-refractivity contribution in [3.8, 4) is 0 Å². The molecule has 3 unspecified atom stereocenters. The van der Waals surface area contributed by atoms with Gasteiger partial charge in [-0.1, -0.05) is 6.92 Å². The monoisotopic (exact) mass is 241 g/mol. The van der Waals surface area contributed by atoms with E-state index in [1.54, 1.807) is 18.9 Å². The molecule has 0 bridgehead atoms. The van der Waals surface area contributed by atoms with Crippen LogP contribution in [0.3, 0.4) is 0 Å². The Hall–Kier alpha value is -1.10. The van der Waals surface area contributed by atoms with E-state index < -0.39 is 6.04 Å². The second-order valence-electron chi connectivity index (χ2n) is 4.78. The van der Waals surface area contributed by atoms with Crippen molar-refractivity contribution in [1.82, 2.24) is 15.5 Å². The van der Waals surface area contributed by atoms with Crippen LogP contribution in [-0.2, 0) is 9.59 Å². The van der Waals surface area contributed by atoms with Gasteiger partial charge >= 0.3 is 0 Å². The van der Waals surface area contributed by atoms with E-state index in [-0.39, 0.29) is 17.9 Å². The normalized spacial score (nSPS) is 25.4. The molecular weight excluding hydrogens is 218 g/mol. The maximum atomic E-state index is 11.9. The standard InChI is InChI=1S/C12H23N3O2/c1-5-15(4)12(17)9(3)14-11(16)10-8(2)6-7-13-10/h8-10,13H,5-7H2,1-4H3,(H,14,16). The molecule has 0 aromatic carbocycles. The van der Waals surface area contributed by atoms with Crippen LogP contribution in [0.5, 0.6) is 0 Å². The lowest BCUT2D eigenvalue weighted by Crippen LogP contribution is -2.51. The van der Waals surface area contributed by atoms with Crippen LogP contribution in [0.4, 0.5) is 0 Å². The van der Waals surface area contributed by atoms with Crippen LogP contribution in [0.15, 0.2) is 0 Å². The van der Waals surface area contributed by atoms with E-state index in [0.29, 0.717) is 12.5 Å². The third-order valence-corrected chi connectivity index (χ3v) is 3.40. The number of rotatable bonds is 4. The van der Waals surface area contributed by atoms with Gasteiger partial charge in [0.1, 0.15) is 6.04 Å². The van der Waals surface area contributed by atoms with Gasteiger partial charge in [-0.3, -0.25) is 9.59 Å². The molecule has 3 atom stereocenters. The molecule has 0 aromatic rings. The Morgan fingerprint density at radius 1 is 1.53 bits per heavy atom. The maximum Gasteiger partial charge on any atom is 0.244 e. The fraction of sp³-hybridized carbons (Fsp3) is 0.833. The average Bonchev–Trinajstić information content (AvgIpc) is 2.73. The Morgan fingerprint density at radius 3 is 2.65 bits per heavy atom. The summed E-state index contributed by atoms with van der Waals surface area (Å²) in [6.07, 6.45) is 1.01. The molecule has 5 nitrogen and oxygen atoms in total. The van der Waals surface area contributed by atoms with E-state index in [2.05, 4.69) is 17.6 Å². The van der Waals surface area contributed by atoms with Gasteiger partial charge in [0.25, 0.3) is 0 Å². The van der Waals surface area contributed by atoms with Crippen molar-refractivity contribution in [2.24, 2.45) is 5.92 Å². The van der Waals surface area contributed by atoms with Crippen LogP contribution in [0.1, 0.15) is 27.2 Å². The predicted molar refractivity (Wildman–Crippen MR) is 66.5 cm³/mol. The largest absolute Gasteiger partial charge is 0.344 e. The molecule has 0 aromatic heterocycles. The average molecular weight is 241 g/mol. The Labute approximate surface area is 103 Å². The third kappa shape index (κ3) is 3.43. The SMILES string of the molecule is CCN(C)C(=O)C(C)NC(=O)C1NCCC1C. The molecular formula is C12H23N3O2. The minimum Gasteiger partial charge on any atom is -0.344 e. The molecule has 1 aliphatic rings. The zero-order chi connectivity index (χ0) is 13.0. The van der Waals surface area contributed by atoms with Gasteiger partial charge in [-0.15, -0.1) is 0 Å². The first-order valence-electron chi connectivity index (χ1n) is 6.26. The fourth-order valence-electron chi connectivity index (χ4n) is 2.04. The lowest BCUT2D eigenvalue weighted by atomic mass is 10.0. The summed E-state index contributed by atoms with van der Waals surface area (Å²) in [7, 11) is 1.74. The minimum absolute atomic E-state index is 0.0495. The quantitative estimate of drug-likeness (QED) is 0.726. The Morgan fingerprint density at radius 2 is 2.18 bits per heavy atom. The summed E-state index contributed by atoms with van der Waals surface area (Å²) < 4.78 is 0. The summed E-state index contributed by atoms with van der Waals surface area (Å²) in [6, 6.07) is -0.612. The second-order valence-corrected chi connectivity index (χ2v) is 4.78. The Balaban J connectivity index is 2.48. The zero-order valence-electron chi connectivity index (χ0n) is 11.1. The maximum absolute atomic E-state index is 11.9. The molecule has 0 radical (unpaired) electrons. The van der Waals surface area contributed by atoms with Crippen molar-refractivity contribution >= 4 is 11.8 Å². The third-order valence-electron chi connectivity index (χ3n) is 3.40. The molecule has 98 valence electrons. The fourth-order valence-corrected chi connectivity index (χ4v) is 2.04. The van der Waals surface area contributed by atoms with Crippen molar-refractivity contribution < 1.29 is 9.59 Å². The van der Waals surface area contributed by atoms with Gasteiger partial charge in [0.05, 0.1) is 6.04 Å². The van der Waals surface area contributed by atoms with E-state index in [9.17, 15) is 9.59 Å². The van der Waals surface area contributed by atoms with Gasteiger partial charge in [0, 0.05) is 13.6 Å². The smallest absolute Gasteiger partial charge is 0.244 e. The molecule has 1 aliphatic heterocycles. The van der Waals surface area contributed by atoms with E-state index in [1.165, 1.54) is 0 Å². The Kier molecular flexibility index (Phi) is 4.93. The number of hydrogen-bond acceptors (Lipinski definition) is 3. The number of nitrogens with one attached hydrogen (secondary N) is 2. The summed E-state index contributed by atoms with van der Waals surface area (Å²) in [5, 5.41) is 5.93. The van der Waals surface area contributed by atoms with Crippen molar-refractivity contribution in [2.75, 3.05) is 20.1 Å². The van der Waals surface area contributed by atoms with Gasteiger partial charge in [0.15, 0.2) is 0 Å². The van der Waals surface area contributed by atoms with Crippen LogP contribution >= 0.6 is 0 Å². The molecule has 0 saturated carbocycles. The van der Waals surface area contributed by atoms with Gasteiger partial charge in [-0.25, -0.2) is 0 Å². The van der Waals surface area contributed by atoms with Crippen molar-refractivity contribution in [2.45, 2.75) is 39.3 Å². The van der Waals surface area contributed by atoms with E-state index in [0.717, 1.165) is 13.0 Å². The van der Waals surface area contributed by atoms with E-state index >= 15 is 0 Å². The number of nitrogens with zero attached hydrogens (tertiary/aromatic N) is 1. The van der Waals surface area contributed by atoms with Gasteiger partial charge in [0.2, 0.25) is 11.8 Å². The van der Waals surface area contributed by atoms with Gasteiger partial charge < -0.3 is 15.5 Å². The highest BCUT2D eigenvalue weighted by atomic mass is 16.2. The summed E-state index contributed by atoms with van der Waals surface area (Å²) in [4.78, 5) is 25.3. The summed E-state index contributed by atoms with van der Waals surface area (Å²) in [5.74, 6) is 0.216. The first kappa shape index (κ1) is 14.0. The topological polar surface area (TPSA) is 61.4 Å². The highest BCUT2D eigenvalue weighted by Gasteiger charge is 2.31. The molecule has 5 heteroatoms. The molecule has 17 heavy (non-hydrogen) atoms.